The van der Waals surface area contributed by atoms with Crippen molar-refractivity contribution in [2.75, 3.05) is 5.32 Å². The number of amides is 1. The molecule has 4 saturated carbocycles. The van der Waals surface area contributed by atoms with Gasteiger partial charge in [-0.1, -0.05) is 23.2 Å². The van der Waals surface area contributed by atoms with Crippen LogP contribution in [0.2, 0.25) is 10.0 Å². The Labute approximate surface area is 169 Å². The van der Waals surface area contributed by atoms with Crippen LogP contribution in [0.5, 0.6) is 0 Å². The molecule has 0 unspecified atom stereocenters. The van der Waals surface area contributed by atoms with E-state index in [1.807, 2.05) is 6.07 Å². The number of nitrogens with zero attached hydrogens (tertiary/aromatic N) is 1. The van der Waals surface area contributed by atoms with Crippen LogP contribution in [0.15, 0.2) is 36.5 Å². The van der Waals surface area contributed by atoms with Crippen LogP contribution in [0.3, 0.4) is 0 Å². The van der Waals surface area contributed by atoms with E-state index in [-0.39, 0.29) is 11.3 Å². The summed E-state index contributed by atoms with van der Waals surface area (Å²) in [5, 5.41) is 3.91. The standard InChI is InChI=1S/C22H22Cl2N2O/c23-17-7-18(24)9-19(8-17)26-21(27)16-1-2-25-20(6-16)22-10-13-3-14(11-22)5-15(4-13)12-22/h1-2,6-9,13-15H,3-5,10-12H2,(H,26,27). The van der Waals surface area contributed by atoms with Crippen molar-refractivity contribution in [1.82, 2.24) is 4.98 Å². The second kappa shape index (κ2) is 6.49. The average Bonchev–Trinajstić information content (AvgIpc) is 2.60. The number of hydrogen-bond acceptors (Lipinski definition) is 2. The number of carbonyl (C=O) groups is 1. The Balaban J connectivity index is 1.41. The highest BCUT2D eigenvalue weighted by molar-refractivity contribution is 6.35. The van der Waals surface area contributed by atoms with Gasteiger partial charge in [-0.25, -0.2) is 0 Å². The minimum atomic E-state index is -0.151. The number of pyridine rings is 1. The lowest BCUT2D eigenvalue weighted by atomic mass is 9.48. The molecule has 0 aliphatic heterocycles. The molecule has 4 bridgehead atoms. The van der Waals surface area contributed by atoms with Crippen LogP contribution in [0.4, 0.5) is 5.69 Å². The molecule has 0 saturated heterocycles. The molecule has 1 aromatic carbocycles. The topological polar surface area (TPSA) is 42.0 Å². The number of anilines is 1. The van der Waals surface area contributed by atoms with Crippen molar-refractivity contribution in [2.45, 2.75) is 43.9 Å². The van der Waals surface area contributed by atoms with Gasteiger partial charge in [0.25, 0.3) is 5.91 Å². The maximum Gasteiger partial charge on any atom is 0.255 e. The highest BCUT2D eigenvalue weighted by atomic mass is 35.5. The molecule has 3 nitrogen and oxygen atoms in total. The zero-order chi connectivity index (χ0) is 18.6. The normalized spacial score (nSPS) is 31.1. The molecular formula is C22H22Cl2N2O. The number of aromatic nitrogens is 1. The molecule has 5 heteroatoms. The highest BCUT2D eigenvalue weighted by Crippen LogP contribution is 2.60. The molecule has 2 aromatic rings. The molecule has 1 amide bonds. The number of hydrogen-bond donors (Lipinski definition) is 1. The van der Waals surface area contributed by atoms with Crippen molar-refractivity contribution in [3.63, 3.8) is 0 Å². The largest absolute Gasteiger partial charge is 0.322 e. The van der Waals surface area contributed by atoms with E-state index in [0.29, 0.717) is 21.3 Å². The van der Waals surface area contributed by atoms with Crippen LogP contribution in [0.25, 0.3) is 0 Å². The second-order valence-electron chi connectivity index (χ2n) is 8.74. The molecule has 1 N–H and O–H groups in total. The van der Waals surface area contributed by atoms with Crippen LogP contribution in [0, 0.1) is 17.8 Å². The Kier molecular flexibility index (Phi) is 4.21. The summed E-state index contributed by atoms with van der Waals surface area (Å²) >= 11 is 12.1. The van der Waals surface area contributed by atoms with Gasteiger partial charge >= 0.3 is 0 Å². The first-order chi connectivity index (χ1) is 13.0. The van der Waals surface area contributed by atoms with E-state index in [4.69, 9.17) is 28.2 Å². The summed E-state index contributed by atoms with van der Waals surface area (Å²) in [4.78, 5) is 17.5. The third kappa shape index (κ3) is 3.25. The Hall–Kier alpha value is -1.58. The predicted octanol–water partition coefficient (Wildman–Crippen LogP) is 6.11. The van der Waals surface area contributed by atoms with E-state index < -0.39 is 0 Å². The van der Waals surface area contributed by atoms with Gasteiger partial charge in [0.15, 0.2) is 0 Å². The maximum atomic E-state index is 12.8. The van der Waals surface area contributed by atoms with E-state index in [1.165, 1.54) is 38.5 Å². The Bertz CT molecular complexity index is 855. The van der Waals surface area contributed by atoms with Crippen molar-refractivity contribution < 1.29 is 4.79 Å². The summed E-state index contributed by atoms with van der Waals surface area (Å²) < 4.78 is 0. The van der Waals surface area contributed by atoms with Crippen LogP contribution in [0.1, 0.15) is 54.6 Å². The number of benzene rings is 1. The molecule has 0 radical (unpaired) electrons. The maximum absolute atomic E-state index is 12.8. The van der Waals surface area contributed by atoms with Crippen LogP contribution in [-0.2, 0) is 5.41 Å². The summed E-state index contributed by atoms with van der Waals surface area (Å²) in [5.41, 5.74) is 2.54. The molecule has 4 aliphatic carbocycles. The van der Waals surface area contributed by atoms with Crippen molar-refractivity contribution in [3.8, 4) is 0 Å². The monoisotopic (exact) mass is 400 g/mol. The van der Waals surface area contributed by atoms with E-state index in [2.05, 4.69) is 5.32 Å². The van der Waals surface area contributed by atoms with Crippen molar-refractivity contribution in [2.24, 2.45) is 17.8 Å². The zero-order valence-corrected chi connectivity index (χ0v) is 16.6. The summed E-state index contributed by atoms with van der Waals surface area (Å²) in [6.45, 7) is 0. The van der Waals surface area contributed by atoms with Gasteiger partial charge in [0, 0.05) is 38.6 Å². The molecule has 4 fully saturated rings. The summed E-state index contributed by atoms with van der Waals surface area (Å²) in [5.74, 6) is 2.40. The molecular weight excluding hydrogens is 379 g/mol. The van der Waals surface area contributed by atoms with Gasteiger partial charge < -0.3 is 5.32 Å². The third-order valence-electron chi connectivity index (χ3n) is 6.72. The van der Waals surface area contributed by atoms with Crippen molar-refractivity contribution >= 4 is 34.8 Å². The van der Waals surface area contributed by atoms with Gasteiger partial charge in [0.2, 0.25) is 0 Å². The fourth-order valence-corrected chi connectivity index (χ4v) is 6.64. The first kappa shape index (κ1) is 17.5. The second-order valence-corrected chi connectivity index (χ2v) is 9.61. The Morgan fingerprint density at radius 2 is 1.56 bits per heavy atom. The molecule has 1 heterocycles. The lowest BCUT2D eigenvalue weighted by Crippen LogP contribution is -2.49. The first-order valence-corrected chi connectivity index (χ1v) is 10.5. The average molecular weight is 401 g/mol. The fraction of sp³-hybridized carbons (Fsp3) is 0.455. The van der Waals surface area contributed by atoms with Crippen LogP contribution < -0.4 is 5.32 Å². The number of nitrogens with one attached hydrogen (secondary N) is 1. The van der Waals surface area contributed by atoms with Gasteiger partial charge in [0.1, 0.15) is 0 Å². The van der Waals surface area contributed by atoms with Gasteiger partial charge in [-0.15, -0.1) is 0 Å². The number of rotatable bonds is 3. The summed E-state index contributed by atoms with van der Waals surface area (Å²) in [6, 6.07) is 8.84. The van der Waals surface area contributed by atoms with Crippen LogP contribution in [-0.4, -0.2) is 10.9 Å². The van der Waals surface area contributed by atoms with Crippen molar-refractivity contribution in [1.29, 1.82) is 0 Å². The highest BCUT2D eigenvalue weighted by Gasteiger charge is 2.52. The predicted molar refractivity (Wildman–Crippen MR) is 109 cm³/mol. The van der Waals surface area contributed by atoms with E-state index in [1.54, 1.807) is 30.5 Å². The zero-order valence-electron chi connectivity index (χ0n) is 15.1. The Morgan fingerprint density at radius 3 is 2.15 bits per heavy atom. The lowest BCUT2D eigenvalue weighted by molar-refractivity contribution is -0.00721. The van der Waals surface area contributed by atoms with E-state index in [0.717, 1.165) is 23.4 Å². The number of carbonyl (C=O) groups excluding carboxylic acids is 1. The SMILES string of the molecule is O=C(Nc1cc(Cl)cc(Cl)c1)c1ccnc(C23CC4CC(CC(C4)C2)C3)c1. The van der Waals surface area contributed by atoms with Gasteiger partial charge in [0.05, 0.1) is 0 Å². The minimum absolute atomic E-state index is 0.151. The Morgan fingerprint density at radius 1 is 0.963 bits per heavy atom. The smallest absolute Gasteiger partial charge is 0.255 e. The minimum Gasteiger partial charge on any atom is -0.322 e. The van der Waals surface area contributed by atoms with Crippen LogP contribution >= 0.6 is 23.2 Å². The summed E-state index contributed by atoms with van der Waals surface area (Å²) in [7, 11) is 0. The molecule has 27 heavy (non-hydrogen) atoms. The molecule has 1 aromatic heterocycles. The van der Waals surface area contributed by atoms with E-state index >= 15 is 0 Å². The number of halogens is 2. The van der Waals surface area contributed by atoms with Crippen molar-refractivity contribution in [3.05, 3.63) is 57.8 Å². The third-order valence-corrected chi connectivity index (χ3v) is 7.16. The molecule has 0 spiro atoms. The molecule has 6 rings (SSSR count). The quantitative estimate of drug-likeness (QED) is 0.674. The summed E-state index contributed by atoms with van der Waals surface area (Å²) in [6.07, 6.45) is 9.69. The van der Waals surface area contributed by atoms with E-state index in [9.17, 15) is 4.79 Å². The van der Waals surface area contributed by atoms with Gasteiger partial charge in [-0.2, -0.15) is 0 Å². The molecule has 4 aliphatic rings. The van der Waals surface area contributed by atoms with Gasteiger partial charge in [-0.05, 0) is 86.6 Å². The molecule has 0 atom stereocenters. The first-order valence-electron chi connectivity index (χ1n) is 9.73. The van der Waals surface area contributed by atoms with Gasteiger partial charge in [-0.3, -0.25) is 9.78 Å². The lowest BCUT2D eigenvalue weighted by Gasteiger charge is -2.56. The molecule has 140 valence electrons. The fourth-order valence-electron chi connectivity index (χ4n) is 6.12.